The fourth-order valence-corrected chi connectivity index (χ4v) is 6.74. The SMILES string of the molecule is CCCCN(c1nc(Cl)nc(N(C)C2CC(C)(C)NC(C)(C)C2)n1)C1CC(C)(C)NC(C)(C)C1. The van der Waals surface area contributed by atoms with Crippen molar-refractivity contribution in [3.8, 4) is 0 Å². The van der Waals surface area contributed by atoms with Crippen molar-refractivity contribution in [2.24, 2.45) is 0 Å². The van der Waals surface area contributed by atoms with E-state index in [1.165, 1.54) is 0 Å². The van der Waals surface area contributed by atoms with Crippen molar-refractivity contribution in [3.63, 3.8) is 0 Å². The van der Waals surface area contributed by atoms with Gasteiger partial charge in [-0.15, -0.1) is 0 Å². The van der Waals surface area contributed by atoms with E-state index in [4.69, 9.17) is 16.6 Å². The highest BCUT2D eigenvalue weighted by atomic mass is 35.5. The first kappa shape index (κ1) is 27.4. The number of piperidine rings is 2. The van der Waals surface area contributed by atoms with E-state index in [1.807, 2.05) is 0 Å². The molecule has 0 radical (unpaired) electrons. The van der Waals surface area contributed by atoms with Crippen molar-refractivity contribution in [1.29, 1.82) is 0 Å². The molecule has 2 fully saturated rings. The Morgan fingerprint density at radius 3 is 1.68 bits per heavy atom. The van der Waals surface area contributed by atoms with E-state index in [0.29, 0.717) is 24.0 Å². The Labute approximate surface area is 212 Å². The molecule has 0 unspecified atom stereocenters. The summed E-state index contributed by atoms with van der Waals surface area (Å²) >= 11 is 6.53. The first-order chi connectivity index (χ1) is 15.5. The number of nitrogens with zero attached hydrogens (tertiary/aromatic N) is 5. The standard InChI is InChI=1S/C26H48ClN7/c1-11-12-13-34(19-16-25(6,7)32-26(8,9)17-19)22-29-20(27)28-21(30-22)33(10)18-14-23(2,3)31-24(4,5)15-18/h18-19,31-32H,11-17H2,1-10H3. The second-order valence-corrected chi connectivity index (χ2v) is 13.6. The van der Waals surface area contributed by atoms with Crippen molar-refractivity contribution >= 4 is 23.5 Å². The van der Waals surface area contributed by atoms with E-state index >= 15 is 0 Å². The van der Waals surface area contributed by atoms with Crippen molar-refractivity contribution < 1.29 is 0 Å². The zero-order chi connectivity index (χ0) is 25.5. The van der Waals surface area contributed by atoms with Gasteiger partial charge in [0.2, 0.25) is 17.2 Å². The molecule has 0 amide bonds. The molecule has 3 heterocycles. The van der Waals surface area contributed by atoms with Crippen LogP contribution in [0.1, 0.15) is 101 Å². The summed E-state index contributed by atoms with van der Waals surface area (Å²) in [5, 5.41) is 7.85. The molecule has 7 nitrogen and oxygen atoms in total. The summed E-state index contributed by atoms with van der Waals surface area (Å²) in [6.07, 6.45) is 6.31. The van der Waals surface area contributed by atoms with Crippen LogP contribution in [0.4, 0.5) is 11.9 Å². The minimum absolute atomic E-state index is 0.0413. The van der Waals surface area contributed by atoms with Crippen molar-refractivity contribution in [2.75, 3.05) is 23.4 Å². The molecule has 8 heteroatoms. The predicted molar refractivity (Wildman–Crippen MR) is 144 cm³/mol. The van der Waals surface area contributed by atoms with Crippen LogP contribution in [0.3, 0.4) is 0 Å². The van der Waals surface area contributed by atoms with E-state index in [2.05, 4.69) is 99.8 Å². The summed E-state index contributed by atoms with van der Waals surface area (Å²) in [4.78, 5) is 18.9. The topological polar surface area (TPSA) is 69.2 Å². The number of hydrogen-bond donors (Lipinski definition) is 2. The summed E-state index contributed by atoms with van der Waals surface area (Å²) < 4.78 is 0. The third-order valence-corrected chi connectivity index (χ3v) is 7.40. The van der Waals surface area contributed by atoms with Gasteiger partial charge < -0.3 is 20.4 Å². The number of anilines is 2. The first-order valence-electron chi connectivity index (χ1n) is 13.0. The van der Waals surface area contributed by atoms with E-state index in [-0.39, 0.29) is 27.4 Å². The predicted octanol–water partition coefficient (Wildman–Crippen LogP) is 5.19. The van der Waals surface area contributed by atoms with Crippen LogP contribution in [0.25, 0.3) is 0 Å². The number of rotatable bonds is 7. The number of hydrogen-bond acceptors (Lipinski definition) is 7. The monoisotopic (exact) mass is 493 g/mol. The Kier molecular flexibility index (Phi) is 7.82. The number of aromatic nitrogens is 3. The fraction of sp³-hybridized carbons (Fsp3) is 0.885. The van der Waals surface area contributed by atoms with Crippen molar-refractivity contribution in [2.45, 2.75) is 135 Å². The quantitative estimate of drug-likeness (QED) is 0.541. The Bertz CT molecular complexity index is 820. The van der Waals surface area contributed by atoms with Gasteiger partial charge in [0.1, 0.15) is 0 Å². The zero-order valence-corrected chi connectivity index (χ0v) is 24.0. The molecule has 2 aliphatic heterocycles. The summed E-state index contributed by atoms with van der Waals surface area (Å²) in [6, 6.07) is 0.657. The van der Waals surface area contributed by atoms with Gasteiger partial charge in [0.05, 0.1) is 0 Å². The maximum absolute atomic E-state index is 6.53. The molecule has 0 aromatic carbocycles. The minimum atomic E-state index is 0.0413. The average molecular weight is 494 g/mol. The van der Waals surface area contributed by atoms with Crippen molar-refractivity contribution in [1.82, 2.24) is 25.6 Å². The molecular weight excluding hydrogens is 446 g/mol. The Morgan fingerprint density at radius 2 is 1.21 bits per heavy atom. The van der Waals surface area contributed by atoms with Gasteiger partial charge in [-0.05, 0) is 99.1 Å². The lowest BCUT2D eigenvalue weighted by Crippen LogP contribution is -2.62. The minimum Gasteiger partial charge on any atom is -0.341 e. The second-order valence-electron chi connectivity index (χ2n) is 13.3. The summed E-state index contributed by atoms with van der Waals surface area (Å²) in [6.45, 7) is 21.4. The van der Waals surface area contributed by atoms with E-state index < -0.39 is 0 Å². The molecule has 0 bridgehead atoms. The molecule has 0 spiro atoms. The number of nitrogens with one attached hydrogen (secondary N) is 2. The first-order valence-corrected chi connectivity index (χ1v) is 13.4. The highest BCUT2D eigenvalue weighted by Crippen LogP contribution is 2.35. The summed E-state index contributed by atoms with van der Waals surface area (Å²) in [5.74, 6) is 1.38. The summed E-state index contributed by atoms with van der Waals surface area (Å²) in [7, 11) is 2.10. The Balaban J connectivity index is 1.94. The Hall–Kier alpha value is -1.18. The molecule has 0 atom stereocenters. The maximum atomic E-state index is 6.53. The molecule has 1 aromatic rings. The third kappa shape index (κ3) is 6.94. The van der Waals surface area contributed by atoms with Gasteiger partial charge in [0.25, 0.3) is 0 Å². The third-order valence-electron chi connectivity index (χ3n) is 7.24. The molecule has 0 saturated carbocycles. The Morgan fingerprint density at radius 1 is 0.765 bits per heavy atom. The van der Waals surface area contributed by atoms with Crippen LogP contribution in [0.5, 0.6) is 0 Å². The smallest absolute Gasteiger partial charge is 0.231 e. The molecule has 3 rings (SSSR count). The van der Waals surface area contributed by atoms with Crippen LogP contribution >= 0.6 is 11.6 Å². The van der Waals surface area contributed by atoms with Gasteiger partial charge in [0, 0.05) is 47.8 Å². The maximum Gasteiger partial charge on any atom is 0.231 e. The molecule has 2 saturated heterocycles. The normalized spacial score (nSPS) is 24.1. The lowest BCUT2D eigenvalue weighted by atomic mass is 9.79. The zero-order valence-electron chi connectivity index (χ0n) is 23.2. The summed E-state index contributed by atoms with van der Waals surface area (Å²) in [5.41, 5.74) is 0.165. The van der Waals surface area contributed by atoms with Crippen LogP contribution in [0.15, 0.2) is 0 Å². The lowest BCUT2D eigenvalue weighted by molar-refractivity contribution is 0.157. The molecule has 1 aromatic heterocycles. The van der Waals surface area contributed by atoms with Crippen LogP contribution in [-0.2, 0) is 0 Å². The number of unbranched alkanes of at least 4 members (excludes halogenated alkanes) is 1. The van der Waals surface area contributed by atoms with Gasteiger partial charge in [-0.2, -0.15) is 15.0 Å². The fourth-order valence-electron chi connectivity index (χ4n) is 6.58. The molecule has 0 aliphatic carbocycles. The second kappa shape index (κ2) is 9.70. The lowest BCUT2D eigenvalue weighted by Gasteiger charge is -2.50. The van der Waals surface area contributed by atoms with Gasteiger partial charge in [-0.1, -0.05) is 13.3 Å². The van der Waals surface area contributed by atoms with Crippen LogP contribution in [0.2, 0.25) is 5.28 Å². The molecule has 2 N–H and O–H groups in total. The van der Waals surface area contributed by atoms with Gasteiger partial charge in [-0.25, -0.2) is 0 Å². The van der Waals surface area contributed by atoms with Crippen LogP contribution in [0, 0.1) is 0 Å². The van der Waals surface area contributed by atoms with E-state index in [0.717, 1.165) is 45.1 Å². The highest BCUT2D eigenvalue weighted by molar-refractivity contribution is 6.28. The van der Waals surface area contributed by atoms with Crippen LogP contribution in [-0.4, -0.2) is 62.8 Å². The van der Waals surface area contributed by atoms with E-state index in [9.17, 15) is 0 Å². The number of halogens is 1. The molecule has 194 valence electrons. The largest absolute Gasteiger partial charge is 0.341 e. The van der Waals surface area contributed by atoms with Crippen molar-refractivity contribution in [3.05, 3.63) is 5.28 Å². The van der Waals surface area contributed by atoms with Gasteiger partial charge >= 0.3 is 0 Å². The molecule has 34 heavy (non-hydrogen) atoms. The van der Waals surface area contributed by atoms with Gasteiger partial charge in [-0.3, -0.25) is 0 Å². The average Bonchev–Trinajstić information content (AvgIpc) is 2.62. The molecule has 2 aliphatic rings. The van der Waals surface area contributed by atoms with Gasteiger partial charge in [0.15, 0.2) is 0 Å². The molecular formula is C26H48ClN7. The van der Waals surface area contributed by atoms with Crippen LogP contribution < -0.4 is 20.4 Å². The highest BCUT2D eigenvalue weighted by Gasteiger charge is 2.42. The van der Waals surface area contributed by atoms with E-state index in [1.54, 1.807) is 0 Å².